The molecule has 2 rings (SSSR count). The van der Waals surface area contributed by atoms with Crippen molar-refractivity contribution in [1.82, 2.24) is 15.5 Å². The molecule has 6 heteroatoms. The van der Waals surface area contributed by atoms with Gasteiger partial charge >= 0.3 is 0 Å². The molecular formula is C22H38N4O2. The van der Waals surface area contributed by atoms with Gasteiger partial charge in [-0.2, -0.15) is 0 Å². The normalized spacial score (nSPS) is 16.2. The Balaban J connectivity index is 1.93. The fourth-order valence-electron chi connectivity index (χ4n) is 3.29. The van der Waals surface area contributed by atoms with Gasteiger partial charge in [0.1, 0.15) is 12.4 Å². The van der Waals surface area contributed by atoms with Crippen molar-refractivity contribution >= 4 is 5.96 Å². The maximum atomic E-state index is 5.94. The van der Waals surface area contributed by atoms with Crippen molar-refractivity contribution in [2.45, 2.75) is 40.2 Å². The number of likely N-dealkylation sites (tertiary alicyclic amines) is 1. The van der Waals surface area contributed by atoms with Crippen molar-refractivity contribution in [1.29, 1.82) is 0 Å². The van der Waals surface area contributed by atoms with Crippen LogP contribution in [0.4, 0.5) is 0 Å². The lowest BCUT2D eigenvalue weighted by atomic mass is 9.97. The molecule has 0 bridgehead atoms. The van der Waals surface area contributed by atoms with Crippen LogP contribution in [0.5, 0.6) is 5.75 Å². The molecule has 0 radical (unpaired) electrons. The van der Waals surface area contributed by atoms with E-state index in [-0.39, 0.29) is 0 Å². The van der Waals surface area contributed by atoms with Gasteiger partial charge in [0.25, 0.3) is 0 Å². The van der Waals surface area contributed by atoms with E-state index in [9.17, 15) is 0 Å². The zero-order chi connectivity index (χ0) is 20.2. The summed E-state index contributed by atoms with van der Waals surface area (Å²) in [5, 5.41) is 6.89. The molecule has 0 saturated carbocycles. The first-order valence-corrected chi connectivity index (χ1v) is 10.6. The number of aliphatic imine (C=N–C) groups is 1. The molecule has 1 aliphatic rings. The van der Waals surface area contributed by atoms with Gasteiger partial charge in [-0.3, -0.25) is 0 Å². The largest absolute Gasteiger partial charge is 0.491 e. The van der Waals surface area contributed by atoms with E-state index in [1.54, 1.807) is 0 Å². The Hall–Kier alpha value is -1.79. The van der Waals surface area contributed by atoms with Crippen molar-refractivity contribution < 1.29 is 9.47 Å². The summed E-state index contributed by atoms with van der Waals surface area (Å²) in [6.07, 6.45) is 2.50. The van der Waals surface area contributed by atoms with Crippen molar-refractivity contribution in [2.24, 2.45) is 10.9 Å². The van der Waals surface area contributed by atoms with E-state index in [1.165, 1.54) is 31.5 Å². The molecule has 1 aliphatic heterocycles. The Morgan fingerprint density at radius 1 is 1.18 bits per heavy atom. The molecule has 1 saturated heterocycles. The highest BCUT2D eigenvalue weighted by atomic mass is 16.5. The van der Waals surface area contributed by atoms with Crippen LogP contribution in [-0.4, -0.2) is 63.9 Å². The van der Waals surface area contributed by atoms with Crippen molar-refractivity contribution in [3.63, 3.8) is 0 Å². The minimum absolute atomic E-state index is 0.558. The van der Waals surface area contributed by atoms with Crippen molar-refractivity contribution in [3.05, 3.63) is 29.3 Å². The molecule has 6 nitrogen and oxygen atoms in total. The van der Waals surface area contributed by atoms with Crippen LogP contribution >= 0.6 is 0 Å². The first-order valence-electron chi connectivity index (χ1n) is 10.6. The molecule has 0 unspecified atom stereocenters. The highest BCUT2D eigenvalue weighted by molar-refractivity contribution is 5.79. The van der Waals surface area contributed by atoms with E-state index in [2.05, 4.69) is 54.6 Å². The average molecular weight is 391 g/mol. The number of piperidine rings is 1. The third kappa shape index (κ3) is 8.07. The molecule has 0 amide bonds. The summed E-state index contributed by atoms with van der Waals surface area (Å²) >= 11 is 0. The number of guanidine groups is 1. The SMILES string of the molecule is CCNC(=NCc1ccc(C)cc1OCCOCC)NCC1CCN(C)CC1. The second kappa shape index (κ2) is 12.6. The summed E-state index contributed by atoms with van der Waals surface area (Å²) in [5.74, 6) is 2.49. The lowest BCUT2D eigenvalue weighted by Crippen LogP contribution is -2.42. The van der Waals surface area contributed by atoms with Gasteiger partial charge in [-0.25, -0.2) is 4.99 Å². The third-order valence-corrected chi connectivity index (χ3v) is 5.06. The molecule has 1 aromatic carbocycles. The number of nitrogens with zero attached hydrogens (tertiary/aromatic N) is 2. The topological polar surface area (TPSA) is 58.1 Å². The minimum atomic E-state index is 0.558. The van der Waals surface area contributed by atoms with Crippen molar-refractivity contribution in [2.75, 3.05) is 53.0 Å². The van der Waals surface area contributed by atoms with Crippen LogP contribution in [0.3, 0.4) is 0 Å². The van der Waals surface area contributed by atoms with Crippen LogP contribution in [0.25, 0.3) is 0 Å². The molecular weight excluding hydrogens is 352 g/mol. The number of rotatable bonds is 10. The number of ether oxygens (including phenoxy) is 2. The zero-order valence-electron chi connectivity index (χ0n) is 18.1. The van der Waals surface area contributed by atoms with Gasteiger partial charge in [0.05, 0.1) is 13.2 Å². The summed E-state index contributed by atoms with van der Waals surface area (Å²) in [5.41, 5.74) is 2.28. The Morgan fingerprint density at radius 3 is 2.68 bits per heavy atom. The molecule has 1 heterocycles. The van der Waals surface area contributed by atoms with Gasteiger partial charge in [-0.05, 0) is 71.3 Å². The Morgan fingerprint density at radius 2 is 1.96 bits per heavy atom. The molecule has 1 aromatic rings. The molecule has 0 aromatic heterocycles. The van der Waals surface area contributed by atoms with E-state index < -0.39 is 0 Å². The summed E-state index contributed by atoms with van der Waals surface area (Å²) in [6, 6.07) is 6.30. The Kier molecular flexibility index (Phi) is 10.1. The first kappa shape index (κ1) is 22.5. The van der Waals surface area contributed by atoms with E-state index in [4.69, 9.17) is 14.5 Å². The quantitative estimate of drug-likeness (QED) is 0.365. The third-order valence-electron chi connectivity index (χ3n) is 5.06. The van der Waals surface area contributed by atoms with Crippen LogP contribution in [0.2, 0.25) is 0 Å². The summed E-state index contributed by atoms with van der Waals surface area (Å²) < 4.78 is 11.3. The maximum absolute atomic E-state index is 5.94. The Bertz CT molecular complexity index is 598. The molecule has 0 atom stereocenters. The number of hydrogen-bond donors (Lipinski definition) is 2. The molecule has 2 N–H and O–H groups in total. The van der Waals surface area contributed by atoms with Gasteiger partial charge in [0.15, 0.2) is 5.96 Å². The second-order valence-electron chi connectivity index (χ2n) is 7.48. The molecule has 0 aliphatic carbocycles. The fraction of sp³-hybridized carbons (Fsp3) is 0.682. The lowest BCUT2D eigenvalue weighted by molar-refractivity contribution is 0.110. The monoisotopic (exact) mass is 390 g/mol. The highest BCUT2D eigenvalue weighted by Crippen LogP contribution is 2.21. The zero-order valence-corrected chi connectivity index (χ0v) is 18.1. The van der Waals surface area contributed by atoms with Gasteiger partial charge < -0.3 is 25.0 Å². The average Bonchev–Trinajstić information content (AvgIpc) is 2.69. The maximum Gasteiger partial charge on any atom is 0.191 e. The number of aryl methyl sites for hydroxylation is 1. The van der Waals surface area contributed by atoms with Crippen LogP contribution in [0.1, 0.15) is 37.8 Å². The lowest BCUT2D eigenvalue weighted by Gasteiger charge is -2.29. The van der Waals surface area contributed by atoms with Crippen LogP contribution < -0.4 is 15.4 Å². The number of nitrogens with one attached hydrogen (secondary N) is 2. The molecule has 28 heavy (non-hydrogen) atoms. The van der Waals surface area contributed by atoms with Gasteiger partial charge in [0.2, 0.25) is 0 Å². The molecule has 0 spiro atoms. The van der Waals surface area contributed by atoms with Crippen LogP contribution in [-0.2, 0) is 11.3 Å². The highest BCUT2D eigenvalue weighted by Gasteiger charge is 2.16. The standard InChI is InChI=1S/C22H38N4O2/c1-5-23-22(24-16-19-9-11-26(4)12-10-19)25-17-20-8-7-18(3)15-21(20)28-14-13-27-6-2/h7-8,15,19H,5-6,9-14,16-17H2,1-4H3,(H2,23,24,25). The van der Waals surface area contributed by atoms with Gasteiger partial charge in [-0.1, -0.05) is 12.1 Å². The van der Waals surface area contributed by atoms with Gasteiger partial charge in [0, 0.05) is 25.3 Å². The van der Waals surface area contributed by atoms with Gasteiger partial charge in [-0.15, -0.1) is 0 Å². The van der Waals surface area contributed by atoms with E-state index in [0.717, 1.165) is 36.3 Å². The van der Waals surface area contributed by atoms with E-state index in [1.807, 2.05) is 6.92 Å². The van der Waals surface area contributed by atoms with E-state index >= 15 is 0 Å². The first-order chi connectivity index (χ1) is 13.6. The summed E-state index contributed by atoms with van der Waals surface area (Å²) in [4.78, 5) is 7.19. The van der Waals surface area contributed by atoms with E-state index in [0.29, 0.717) is 26.4 Å². The smallest absolute Gasteiger partial charge is 0.191 e. The van der Waals surface area contributed by atoms with Crippen LogP contribution in [0.15, 0.2) is 23.2 Å². The fourth-order valence-corrected chi connectivity index (χ4v) is 3.29. The second-order valence-corrected chi connectivity index (χ2v) is 7.48. The number of hydrogen-bond acceptors (Lipinski definition) is 4. The summed E-state index contributed by atoms with van der Waals surface area (Å²) in [7, 11) is 2.20. The Labute approximate surface area is 170 Å². The minimum Gasteiger partial charge on any atom is -0.491 e. The molecule has 158 valence electrons. The van der Waals surface area contributed by atoms with Crippen molar-refractivity contribution in [3.8, 4) is 5.75 Å². The molecule has 1 fully saturated rings. The van der Waals surface area contributed by atoms with Crippen LogP contribution in [0, 0.1) is 12.8 Å². The number of benzene rings is 1. The predicted octanol–water partition coefficient (Wildman–Crippen LogP) is 2.81. The summed E-state index contributed by atoms with van der Waals surface area (Å²) in [6.45, 7) is 12.8. The predicted molar refractivity (Wildman–Crippen MR) is 116 cm³/mol.